The van der Waals surface area contributed by atoms with Crippen LogP contribution in [0.5, 0.6) is 0 Å². The summed E-state index contributed by atoms with van der Waals surface area (Å²) in [6, 6.07) is 6.95. The molecule has 1 aromatic rings. The molecule has 0 aliphatic carbocycles. The lowest BCUT2D eigenvalue weighted by Crippen LogP contribution is -2.07. The second-order valence-electron chi connectivity index (χ2n) is 9.79. The number of esters is 1. The van der Waals surface area contributed by atoms with E-state index in [9.17, 15) is 9.59 Å². The molecule has 0 saturated carbocycles. The molecule has 0 saturated heterocycles. The molecule has 0 N–H and O–H groups in total. The van der Waals surface area contributed by atoms with Crippen LogP contribution in [0.3, 0.4) is 0 Å². The number of unbranched alkanes of at least 4 members (excludes halogenated alkanes) is 8. The quantitative estimate of drug-likeness (QED) is 0.133. The first kappa shape index (κ1) is 27.4. The van der Waals surface area contributed by atoms with Gasteiger partial charge < -0.3 is 4.74 Å². The van der Waals surface area contributed by atoms with Crippen molar-refractivity contribution in [3.8, 4) is 0 Å². The van der Waals surface area contributed by atoms with Crippen LogP contribution in [0.1, 0.15) is 132 Å². The second kappa shape index (κ2) is 17.0. The molecular weight excluding hydrogens is 384 g/mol. The molecule has 0 atom stereocenters. The molecule has 0 heterocycles. The molecule has 1 rings (SSSR count). The van der Waals surface area contributed by atoms with Crippen LogP contribution in [-0.4, -0.2) is 18.4 Å². The molecule has 1 aromatic carbocycles. The highest BCUT2D eigenvalue weighted by Gasteiger charge is 2.10. The Bertz CT molecular complexity index is 601. The molecule has 0 unspecified atom stereocenters. The lowest BCUT2D eigenvalue weighted by molar-refractivity contribution is 0.0497. The highest BCUT2D eigenvalue weighted by atomic mass is 16.5. The van der Waals surface area contributed by atoms with Gasteiger partial charge in [0, 0.05) is 12.0 Å². The summed E-state index contributed by atoms with van der Waals surface area (Å²) in [5.74, 6) is 1.44. The van der Waals surface area contributed by atoms with Gasteiger partial charge in [-0.05, 0) is 36.8 Å². The number of Topliss-reactive ketones (excluding diaryl/α,β-unsaturated/α-hetero) is 1. The summed E-state index contributed by atoms with van der Waals surface area (Å²) in [5, 5.41) is 0. The van der Waals surface area contributed by atoms with Gasteiger partial charge in [-0.1, -0.05) is 104 Å². The molecule has 3 heteroatoms. The Labute approximate surface area is 191 Å². The Morgan fingerprint density at radius 2 is 1.10 bits per heavy atom. The van der Waals surface area contributed by atoms with E-state index in [2.05, 4.69) is 27.7 Å². The van der Waals surface area contributed by atoms with Crippen molar-refractivity contribution < 1.29 is 14.3 Å². The zero-order valence-electron chi connectivity index (χ0n) is 20.6. The van der Waals surface area contributed by atoms with Gasteiger partial charge in [-0.15, -0.1) is 0 Å². The average molecular weight is 431 g/mol. The average Bonchev–Trinajstić information content (AvgIpc) is 2.74. The minimum atomic E-state index is -0.293. The third kappa shape index (κ3) is 14.1. The highest BCUT2D eigenvalue weighted by molar-refractivity contribution is 5.97. The summed E-state index contributed by atoms with van der Waals surface area (Å²) >= 11 is 0. The van der Waals surface area contributed by atoms with Gasteiger partial charge >= 0.3 is 5.97 Å². The fraction of sp³-hybridized carbons (Fsp3) is 0.714. The van der Waals surface area contributed by atoms with E-state index in [1.165, 1.54) is 51.4 Å². The van der Waals surface area contributed by atoms with E-state index in [0.717, 1.165) is 37.5 Å². The van der Waals surface area contributed by atoms with E-state index in [0.29, 0.717) is 24.2 Å². The molecule has 0 aromatic heterocycles. The molecule has 0 aliphatic heterocycles. The Balaban J connectivity index is 2.16. The lowest BCUT2D eigenvalue weighted by atomic mass is 10.0. The second-order valence-corrected chi connectivity index (χ2v) is 9.79. The van der Waals surface area contributed by atoms with E-state index >= 15 is 0 Å². The predicted octanol–water partition coefficient (Wildman–Crippen LogP) is 8.41. The van der Waals surface area contributed by atoms with E-state index in [-0.39, 0.29) is 11.8 Å². The number of hydrogen-bond acceptors (Lipinski definition) is 3. The zero-order chi connectivity index (χ0) is 22.9. The van der Waals surface area contributed by atoms with Crippen molar-refractivity contribution in [3.63, 3.8) is 0 Å². The van der Waals surface area contributed by atoms with Crippen LogP contribution < -0.4 is 0 Å². The van der Waals surface area contributed by atoms with E-state index in [4.69, 9.17) is 4.74 Å². The largest absolute Gasteiger partial charge is 0.462 e. The van der Waals surface area contributed by atoms with Gasteiger partial charge in [0.05, 0.1) is 12.2 Å². The molecule has 176 valence electrons. The van der Waals surface area contributed by atoms with Gasteiger partial charge in [-0.2, -0.15) is 0 Å². The first-order chi connectivity index (χ1) is 14.9. The first-order valence-electron chi connectivity index (χ1n) is 12.7. The van der Waals surface area contributed by atoms with Crippen LogP contribution in [0.15, 0.2) is 24.3 Å². The lowest BCUT2D eigenvalue weighted by Gasteiger charge is -2.07. The van der Waals surface area contributed by atoms with Crippen LogP contribution in [0.2, 0.25) is 0 Å². The number of rotatable bonds is 18. The highest BCUT2D eigenvalue weighted by Crippen LogP contribution is 2.15. The maximum atomic E-state index is 12.4. The van der Waals surface area contributed by atoms with Crippen molar-refractivity contribution in [1.82, 2.24) is 0 Å². The van der Waals surface area contributed by atoms with Crippen molar-refractivity contribution in [2.75, 3.05) is 6.61 Å². The van der Waals surface area contributed by atoms with Crippen molar-refractivity contribution in [1.29, 1.82) is 0 Å². The fourth-order valence-electron chi connectivity index (χ4n) is 3.74. The molecule has 0 amide bonds. The third-order valence-electron chi connectivity index (χ3n) is 5.79. The Morgan fingerprint density at radius 1 is 0.645 bits per heavy atom. The number of ketones is 1. The smallest absolute Gasteiger partial charge is 0.338 e. The van der Waals surface area contributed by atoms with Crippen molar-refractivity contribution in [2.45, 2.75) is 111 Å². The monoisotopic (exact) mass is 430 g/mol. The van der Waals surface area contributed by atoms with Crippen LogP contribution in [0.25, 0.3) is 0 Å². The SMILES string of the molecule is CC(C)CCCCCCCCC(=O)c1ccc(C(=O)OCCCCCCC(C)C)cc1. The first-order valence-corrected chi connectivity index (χ1v) is 12.7. The summed E-state index contributed by atoms with van der Waals surface area (Å²) < 4.78 is 5.36. The minimum absolute atomic E-state index is 0.168. The standard InChI is InChI=1S/C28H46O3/c1-23(2)15-11-7-5-6-8-13-17-27(29)25-18-20-26(21-19-25)28(30)31-22-14-10-9-12-16-24(3)4/h18-21,23-24H,5-17,22H2,1-4H3. The number of carbonyl (C=O) groups excluding carboxylic acids is 2. The van der Waals surface area contributed by atoms with Gasteiger partial charge in [0.1, 0.15) is 0 Å². The Morgan fingerprint density at radius 3 is 1.65 bits per heavy atom. The maximum Gasteiger partial charge on any atom is 0.338 e. The van der Waals surface area contributed by atoms with Crippen LogP contribution in [-0.2, 0) is 4.74 Å². The molecule has 0 aliphatic rings. The summed E-state index contributed by atoms with van der Waals surface area (Å²) in [7, 11) is 0. The van der Waals surface area contributed by atoms with Gasteiger partial charge in [-0.3, -0.25) is 4.79 Å². The molecule has 0 bridgehead atoms. The van der Waals surface area contributed by atoms with Crippen molar-refractivity contribution >= 4 is 11.8 Å². The minimum Gasteiger partial charge on any atom is -0.462 e. The zero-order valence-corrected chi connectivity index (χ0v) is 20.6. The van der Waals surface area contributed by atoms with Gasteiger partial charge in [0.2, 0.25) is 0 Å². The number of hydrogen-bond donors (Lipinski definition) is 0. The summed E-state index contributed by atoms with van der Waals surface area (Å²) in [6.45, 7) is 9.52. The van der Waals surface area contributed by atoms with Crippen LogP contribution >= 0.6 is 0 Å². The van der Waals surface area contributed by atoms with Crippen molar-refractivity contribution in [3.05, 3.63) is 35.4 Å². The molecular formula is C28H46O3. The predicted molar refractivity (Wildman–Crippen MR) is 131 cm³/mol. The summed E-state index contributed by atoms with van der Waals surface area (Å²) in [4.78, 5) is 24.5. The normalized spacial score (nSPS) is 11.3. The number of ether oxygens (including phenoxy) is 1. The maximum absolute atomic E-state index is 12.4. The summed E-state index contributed by atoms with van der Waals surface area (Å²) in [6.07, 6.45) is 14.8. The Hall–Kier alpha value is -1.64. The molecule has 3 nitrogen and oxygen atoms in total. The van der Waals surface area contributed by atoms with Gasteiger partial charge in [-0.25, -0.2) is 4.79 Å². The molecule has 0 fully saturated rings. The van der Waals surface area contributed by atoms with Crippen LogP contribution in [0.4, 0.5) is 0 Å². The summed E-state index contributed by atoms with van der Waals surface area (Å²) in [5.41, 5.74) is 1.22. The molecule has 0 radical (unpaired) electrons. The fourth-order valence-corrected chi connectivity index (χ4v) is 3.74. The third-order valence-corrected chi connectivity index (χ3v) is 5.79. The van der Waals surface area contributed by atoms with E-state index in [1.54, 1.807) is 24.3 Å². The van der Waals surface area contributed by atoms with Crippen LogP contribution in [0, 0.1) is 11.8 Å². The van der Waals surface area contributed by atoms with Gasteiger partial charge in [0.25, 0.3) is 0 Å². The number of benzene rings is 1. The van der Waals surface area contributed by atoms with E-state index < -0.39 is 0 Å². The molecule has 31 heavy (non-hydrogen) atoms. The Kier molecular flexibility index (Phi) is 15.0. The molecule has 0 spiro atoms. The van der Waals surface area contributed by atoms with Gasteiger partial charge in [0.15, 0.2) is 5.78 Å². The van der Waals surface area contributed by atoms with Crippen molar-refractivity contribution in [2.24, 2.45) is 11.8 Å². The van der Waals surface area contributed by atoms with E-state index in [1.807, 2.05) is 0 Å². The number of carbonyl (C=O) groups is 2. The topological polar surface area (TPSA) is 43.4 Å².